The van der Waals surface area contributed by atoms with Crippen LogP contribution >= 0.6 is 0 Å². The predicted molar refractivity (Wildman–Crippen MR) is 50.3 cm³/mol. The predicted octanol–water partition coefficient (Wildman–Crippen LogP) is 0.725. The maximum atomic E-state index is 8.75. The minimum Gasteiger partial charge on any atom is -0.394 e. The molecule has 0 amide bonds. The van der Waals surface area contributed by atoms with Gasteiger partial charge in [0.25, 0.3) is 0 Å². The van der Waals surface area contributed by atoms with E-state index in [1.54, 1.807) is 4.68 Å². The van der Waals surface area contributed by atoms with Crippen molar-refractivity contribution in [1.29, 1.82) is 0 Å². The second kappa shape index (κ2) is 3.38. The third kappa shape index (κ3) is 1.54. The van der Waals surface area contributed by atoms with Crippen LogP contribution < -0.4 is 5.73 Å². The van der Waals surface area contributed by atoms with E-state index in [0.29, 0.717) is 18.3 Å². The van der Waals surface area contributed by atoms with Gasteiger partial charge in [-0.05, 0) is 12.8 Å². The van der Waals surface area contributed by atoms with Gasteiger partial charge in [0.1, 0.15) is 5.82 Å². The fraction of sp³-hybridized carbons (Fsp3) is 0.667. The van der Waals surface area contributed by atoms with Gasteiger partial charge in [0, 0.05) is 12.0 Å². The Hall–Kier alpha value is -1.03. The van der Waals surface area contributed by atoms with E-state index in [0.717, 1.165) is 5.69 Å². The summed E-state index contributed by atoms with van der Waals surface area (Å²) in [6, 6.07) is 1.93. The lowest BCUT2D eigenvalue weighted by atomic mass is 9.83. The Balaban J connectivity index is 2.14. The van der Waals surface area contributed by atoms with Crippen molar-refractivity contribution in [3.8, 4) is 0 Å². The smallest absolute Gasteiger partial charge is 0.122 e. The molecule has 0 radical (unpaired) electrons. The van der Waals surface area contributed by atoms with Gasteiger partial charge in [-0.15, -0.1) is 0 Å². The summed E-state index contributed by atoms with van der Waals surface area (Å²) in [6.07, 6.45) is 3.77. The zero-order valence-corrected chi connectivity index (χ0v) is 7.61. The molecule has 1 aliphatic rings. The van der Waals surface area contributed by atoms with Crippen LogP contribution in [-0.4, -0.2) is 21.5 Å². The highest BCUT2D eigenvalue weighted by Crippen LogP contribution is 2.35. The molecule has 0 atom stereocenters. The first-order valence-corrected chi connectivity index (χ1v) is 4.75. The molecule has 1 aromatic rings. The molecule has 2 rings (SSSR count). The summed E-state index contributed by atoms with van der Waals surface area (Å²) in [5.41, 5.74) is 6.83. The topological polar surface area (TPSA) is 64.1 Å². The Bertz CT molecular complexity index is 291. The van der Waals surface area contributed by atoms with Crippen LogP contribution in [0.5, 0.6) is 0 Å². The van der Waals surface area contributed by atoms with Crippen LogP contribution in [-0.2, 0) is 6.54 Å². The Kier molecular flexibility index (Phi) is 2.22. The molecule has 0 aromatic carbocycles. The number of rotatable bonds is 3. The van der Waals surface area contributed by atoms with Crippen LogP contribution in [0.25, 0.3) is 0 Å². The molecule has 1 heterocycles. The van der Waals surface area contributed by atoms with Gasteiger partial charge in [-0.1, -0.05) is 6.42 Å². The van der Waals surface area contributed by atoms with Gasteiger partial charge in [-0.25, -0.2) is 4.68 Å². The highest BCUT2D eigenvalue weighted by molar-refractivity contribution is 5.32. The first-order valence-electron chi connectivity index (χ1n) is 4.75. The molecule has 13 heavy (non-hydrogen) atoms. The van der Waals surface area contributed by atoms with E-state index in [1.165, 1.54) is 19.3 Å². The minimum absolute atomic E-state index is 0.0932. The van der Waals surface area contributed by atoms with Crippen molar-refractivity contribution in [1.82, 2.24) is 9.78 Å². The quantitative estimate of drug-likeness (QED) is 0.722. The molecule has 1 aromatic heterocycles. The fourth-order valence-corrected chi connectivity index (χ4v) is 1.63. The number of nitrogens with zero attached hydrogens (tertiary/aromatic N) is 2. The monoisotopic (exact) mass is 181 g/mol. The zero-order valence-electron chi connectivity index (χ0n) is 7.61. The molecule has 4 heteroatoms. The molecule has 1 aliphatic carbocycles. The van der Waals surface area contributed by atoms with Crippen molar-refractivity contribution < 1.29 is 5.11 Å². The summed E-state index contributed by atoms with van der Waals surface area (Å²) < 4.78 is 1.67. The number of aliphatic hydroxyl groups is 1. The lowest BCUT2D eigenvalue weighted by Crippen LogP contribution is -2.11. The molecule has 1 saturated carbocycles. The Morgan fingerprint density at radius 1 is 1.62 bits per heavy atom. The van der Waals surface area contributed by atoms with E-state index in [4.69, 9.17) is 10.8 Å². The molecular weight excluding hydrogens is 166 g/mol. The van der Waals surface area contributed by atoms with E-state index < -0.39 is 0 Å². The van der Waals surface area contributed by atoms with Crippen molar-refractivity contribution in [3.63, 3.8) is 0 Å². The average Bonchev–Trinajstić information content (AvgIpc) is 2.30. The number of nitrogens with two attached hydrogens (primary N) is 1. The molecule has 1 fully saturated rings. The molecule has 0 unspecified atom stereocenters. The number of anilines is 1. The lowest BCUT2D eigenvalue weighted by molar-refractivity contribution is 0.269. The minimum atomic E-state index is 0.0932. The summed E-state index contributed by atoms with van der Waals surface area (Å²) >= 11 is 0. The van der Waals surface area contributed by atoms with Gasteiger partial charge in [0.2, 0.25) is 0 Å². The van der Waals surface area contributed by atoms with E-state index in [9.17, 15) is 0 Å². The molecule has 0 bridgehead atoms. The molecule has 3 N–H and O–H groups in total. The van der Waals surface area contributed by atoms with Gasteiger partial charge < -0.3 is 10.8 Å². The molecule has 0 spiro atoms. The van der Waals surface area contributed by atoms with E-state index >= 15 is 0 Å². The van der Waals surface area contributed by atoms with Crippen LogP contribution in [0.2, 0.25) is 0 Å². The number of hydrogen-bond donors (Lipinski definition) is 2. The fourth-order valence-electron chi connectivity index (χ4n) is 1.63. The number of aromatic nitrogens is 2. The molecule has 0 aliphatic heterocycles. The van der Waals surface area contributed by atoms with Gasteiger partial charge in [0.05, 0.1) is 18.8 Å². The zero-order chi connectivity index (χ0) is 9.26. The van der Waals surface area contributed by atoms with Gasteiger partial charge in [0.15, 0.2) is 0 Å². The van der Waals surface area contributed by atoms with Crippen LogP contribution in [0.15, 0.2) is 6.07 Å². The second-order valence-electron chi connectivity index (χ2n) is 3.57. The summed E-state index contributed by atoms with van der Waals surface area (Å²) in [6.45, 7) is 0.592. The summed E-state index contributed by atoms with van der Waals surface area (Å²) in [4.78, 5) is 0. The van der Waals surface area contributed by atoms with Crippen molar-refractivity contribution in [3.05, 3.63) is 11.8 Å². The molecule has 4 nitrogen and oxygen atoms in total. The summed E-state index contributed by atoms with van der Waals surface area (Å²) in [5, 5.41) is 13.1. The second-order valence-corrected chi connectivity index (χ2v) is 3.57. The third-order valence-electron chi connectivity index (χ3n) is 2.67. The first kappa shape index (κ1) is 8.56. The van der Waals surface area contributed by atoms with Gasteiger partial charge in [-0.3, -0.25) is 0 Å². The molecule has 0 saturated heterocycles. The first-order chi connectivity index (χ1) is 6.31. The number of aliphatic hydroxyl groups excluding tert-OH is 1. The van der Waals surface area contributed by atoms with Crippen molar-refractivity contribution in [2.24, 2.45) is 0 Å². The van der Waals surface area contributed by atoms with Crippen LogP contribution in [0.4, 0.5) is 5.82 Å². The van der Waals surface area contributed by atoms with Crippen LogP contribution in [0.1, 0.15) is 30.9 Å². The Morgan fingerprint density at radius 3 is 2.92 bits per heavy atom. The SMILES string of the molecule is Nc1cc(C2CCC2)nn1CCO. The standard InChI is InChI=1S/C9H15N3O/c10-9-6-8(7-2-1-3-7)11-12(9)4-5-13/h6-7,13H,1-5,10H2. The third-order valence-corrected chi connectivity index (χ3v) is 2.67. The van der Waals surface area contributed by atoms with Crippen molar-refractivity contribution >= 4 is 5.82 Å². The van der Waals surface area contributed by atoms with Gasteiger partial charge >= 0.3 is 0 Å². The largest absolute Gasteiger partial charge is 0.394 e. The lowest BCUT2D eigenvalue weighted by Gasteiger charge is -2.22. The van der Waals surface area contributed by atoms with Crippen molar-refractivity contribution in [2.75, 3.05) is 12.3 Å². The summed E-state index contributed by atoms with van der Waals surface area (Å²) in [7, 11) is 0. The number of nitrogen functional groups attached to an aromatic ring is 1. The van der Waals surface area contributed by atoms with Crippen LogP contribution in [0.3, 0.4) is 0 Å². The van der Waals surface area contributed by atoms with E-state index in [2.05, 4.69) is 5.10 Å². The van der Waals surface area contributed by atoms with Gasteiger partial charge in [-0.2, -0.15) is 5.10 Å². The Labute approximate surface area is 77.4 Å². The van der Waals surface area contributed by atoms with Crippen LogP contribution in [0, 0.1) is 0 Å². The highest BCUT2D eigenvalue weighted by atomic mass is 16.3. The number of hydrogen-bond acceptors (Lipinski definition) is 3. The molecular formula is C9H15N3O. The maximum Gasteiger partial charge on any atom is 0.122 e. The Morgan fingerprint density at radius 2 is 2.38 bits per heavy atom. The normalized spacial score (nSPS) is 17.3. The highest BCUT2D eigenvalue weighted by Gasteiger charge is 2.22. The maximum absolute atomic E-state index is 8.75. The average molecular weight is 181 g/mol. The van der Waals surface area contributed by atoms with E-state index in [-0.39, 0.29) is 6.61 Å². The molecule has 72 valence electrons. The van der Waals surface area contributed by atoms with Crippen molar-refractivity contribution in [2.45, 2.75) is 31.7 Å². The summed E-state index contributed by atoms with van der Waals surface area (Å²) in [5.74, 6) is 1.28. The van der Waals surface area contributed by atoms with E-state index in [1.807, 2.05) is 6.07 Å².